The lowest BCUT2D eigenvalue weighted by Crippen LogP contribution is -2.25. The largest absolute Gasteiger partial charge is 0.343 e. The van der Waals surface area contributed by atoms with Crippen molar-refractivity contribution in [3.05, 3.63) is 0 Å². The first kappa shape index (κ1) is 11.9. The monoisotopic (exact) mass is 235 g/mol. The Bertz CT molecular complexity index is 138. The van der Waals surface area contributed by atoms with Crippen molar-refractivity contribution in [3.8, 4) is 0 Å². The van der Waals surface area contributed by atoms with Crippen LogP contribution in [0.2, 0.25) is 0 Å². The van der Waals surface area contributed by atoms with Crippen molar-refractivity contribution >= 4 is 22.9 Å². The van der Waals surface area contributed by atoms with Crippen molar-refractivity contribution in [2.45, 2.75) is 39.0 Å². The fourth-order valence-electron chi connectivity index (χ4n) is 1.49. The molecule has 0 aliphatic carbocycles. The summed E-state index contributed by atoms with van der Waals surface area (Å²) in [5.74, 6) is 0.362. The molecule has 1 amide bonds. The molecule has 0 unspecified atom stereocenters. The highest BCUT2D eigenvalue weighted by Crippen LogP contribution is 2.10. The second-order valence-electron chi connectivity index (χ2n) is 3.19. The molecule has 0 N–H and O–H groups in total. The fraction of sp³-hybridized carbons (Fsp3) is 0.889. The van der Waals surface area contributed by atoms with Gasteiger partial charge in [0.15, 0.2) is 0 Å². The average Bonchev–Trinajstić information content (AvgIpc) is 2.37. The van der Waals surface area contributed by atoms with E-state index in [-0.39, 0.29) is 17.0 Å². The van der Waals surface area contributed by atoms with Crippen LogP contribution in [-0.4, -0.2) is 23.9 Å². The Morgan fingerprint density at radius 3 is 2.67 bits per heavy atom. The molecule has 0 radical (unpaired) electrons. The van der Waals surface area contributed by atoms with Gasteiger partial charge in [0, 0.05) is 19.5 Å². The van der Waals surface area contributed by atoms with Gasteiger partial charge in [-0.25, -0.2) is 0 Å². The summed E-state index contributed by atoms with van der Waals surface area (Å²) >= 11 is 0. The molecule has 1 saturated heterocycles. The molecular weight excluding hydrogens is 218 g/mol. The van der Waals surface area contributed by atoms with E-state index in [9.17, 15) is 4.79 Å². The summed E-state index contributed by atoms with van der Waals surface area (Å²) in [5.41, 5.74) is 0. The van der Waals surface area contributed by atoms with Gasteiger partial charge in [-0.1, -0.05) is 19.8 Å². The van der Waals surface area contributed by atoms with Crippen LogP contribution in [0.4, 0.5) is 0 Å². The first-order valence-electron chi connectivity index (χ1n) is 4.62. The van der Waals surface area contributed by atoms with E-state index in [0.717, 1.165) is 25.9 Å². The minimum Gasteiger partial charge on any atom is -0.343 e. The van der Waals surface area contributed by atoms with E-state index >= 15 is 0 Å². The van der Waals surface area contributed by atoms with Gasteiger partial charge in [0.25, 0.3) is 0 Å². The number of nitrogens with zero attached hydrogens (tertiary/aromatic N) is 1. The van der Waals surface area contributed by atoms with Crippen molar-refractivity contribution < 1.29 is 4.79 Å². The Morgan fingerprint density at radius 2 is 2.17 bits per heavy atom. The molecule has 72 valence electrons. The normalized spacial score (nSPS) is 16.4. The molecule has 0 atom stereocenters. The number of carbonyl (C=O) groups excluding carboxylic acids is 1. The van der Waals surface area contributed by atoms with Gasteiger partial charge in [0.05, 0.1) is 0 Å². The molecule has 0 aromatic heterocycles. The molecule has 1 aliphatic rings. The minimum absolute atomic E-state index is 0. The number of unbranched alkanes of at least 4 members (excludes halogenated alkanes) is 2. The van der Waals surface area contributed by atoms with Crippen LogP contribution in [0.25, 0.3) is 0 Å². The SMILES string of the molecule is Br.CCCCCN1CCCC1=O. The van der Waals surface area contributed by atoms with Gasteiger partial charge in [0.2, 0.25) is 5.91 Å². The predicted molar refractivity (Wildman–Crippen MR) is 55.7 cm³/mol. The third-order valence-electron chi connectivity index (χ3n) is 2.20. The van der Waals surface area contributed by atoms with Crippen LogP contribution in [0.3, 0.4) is 0 Å². The maximum absolute atomic E-state index is 11.1. The summed E-state index contributed by atoms with van der Waals surface area (Å²) in [5, 5.41) is 0. The summed E-state index contributed by atoms with van der Waals surface area (Å²) < 4.78 is 0. The lowest BCUT2D eigenvalue weighted by atomic mass is 10.2. The standard InChI is InChI=1S/C9H17NO.BrH/c1-2-3-4-7-10-8-5-6-9(10)11;/h2-8H2,1H3;1H. The Kier molecular flexibility index (Phi) is 6.44. The Morgan fingerprint density at radius 1 is 1.42 bits per heavy atom. The van der Waals surface area contributed by atoms with E-state index in [1.54, 1.807) is 0 Å². The van der Waals surface area contributed by atoms with Crippen molar-refractivity contribution in [2.75, 3.05) is 13.1 Å². The molecule has 0 aromatic carbocycles. The number of amides is 1. The van der Waals surface area contributed by atoms with E-state index < -0.39 is 0 Å². The van der Waals surface area contributed by atoms with E-state index in [1.807, 2.05) is 4.90 Å². The van der Waals surface area contributed by atoms with Crippen molar-refractivity contribution in [1.82, 2.24) is 4.90 Å². The summed E-state index contributed by atoms with van der Waals surface area (Å²) in [4.78, 5) is 13.1. The zero-order valence-electron chi connectivity index (χ0n) is 7.71. The van der Waals surface area contributed by atoms with Crippen molar-refractivity contribution in [3.63, 3.8) is 0 Å². The van der Waals surface area contributed by atoms with Crippen molar-refractivity contribution in [1.29, 1.82) is 0 Å². The molecule has 0 spiro atoms. The van der Waals surface area contributed by atoms with Gasteiger partial charge in [-0.3, -0.25) is 4.79 Å². The third kappa shape index (κ3) is 3.57. The van der Waals surface area contributed by atoms with Crippen LogP contribution in [0.5, 0.6) is 0 Å². The highest BCUT2D eigenvalue weighted by molar-refractivity contribution is 8.93. The number of rotatable bonds is 4. The zero-order valence-corrected chi connectivity index (χ0v) is 9.43. The van der Waals surface area contributed by atoms with Gasteiger partial charge in [0.1, 0.15) is 0 Å². The number of likely N-dealkylation sites (tertiary alicyclic amines) is 1. The third-order valence-corrected chi connectivity index (χ3v) is 2.20. The number of hydrogen-bond acceptors (Lipinski definition) is 1. The van der Waals surface area contributed by atoms with Crippen LogP contribution in [-0.2, 0) is 4.79 Å². The number of hydrogen-bond donors (Lipinski definition) is 0. The van der Waals surface area contributed by atoms with Crippen LogP contribution in [0, 0.1) is 0 Å². The Labute approximate surface area is 85.1 Å². The van der Waals surface area contributed by atoms with Crippen LogP contribution < -0.4 is 0 Å². The Balaban J connectivity index is 0.00000121. The van der Waals surface area contributed by atoms with Crippen LogP contribution >= 0.6 is 17.0 Å². The second kappa shape index (κ2) is 6.46. The molecule has 1 heterocycles. The molecule has 1 rings (SSSR count). The highest BCUT2D eigenvalue weighted by atomic mass is 79.9. The molecule has 1 fully saturated rings. The van der Waals surface area contributed by atoms with Gasteiger partial charge in [-0.2, -0.15) is 0 Å². The predicted octanol–water partition coefficient (Wildman–Crippen LogP) is 2.38. The summed E-state index contributed by atoms with van der Waals surface area (Å²) in [7, 11) is 0. The molecule has 2 nitrogen and oxygen atoms in total. The maximum atomic E-state index is 11.1. The van der Waals surface area contributed by atoms with E-state index in [0.29, 0.717) is 5.91 Å². The lowest BCUT2D eigenvalue weighted by molar-refractivity contribution is -0.127. The average molecular weight is 236 g/mol. The number of carbonyl (C=O) groups is 1. The van der Waals surface area contributed by atoms with Crippen LogP contribution in [0.15, 0.2) is 0 Å². The first-order chi connectivity index (χ1) is 5.34. The van der Waals surface area contributed by atoms with E-state index in [4.69, 9.17) is 0 Å². The fourth-order valence-corrected chi connectivity index (χ4v) is 1.49. The summed E-state index contributed by atoms with van der Waals surface area (Å²) in [6.45, 7) is 4.18. The zero-order chi connectivity index (χ0) is 8.10. The number of halogens is 1. The van der Waals surface area contributed by atoms with Crippen molar-refractivity contribution in [2.24, 2.45) is 0 Å². The molecule has 0 saturated carbocycles. The maximum Gasteiger partial charge on any atom is 0.222 e. The molecule has 12 heavy (non-hydrogen) atoms. The first-order valence-corrected chi connectivity index (χ1v) is 4.62. The van der Waals surface area contributed by atoms with Gasteiger partial charge in [-0.05, 0) is 12.8 Å². The lowest BCUT2D eigenvalue weighted by Gasteiger charge is -2.14. The highest BCUT2D eigenvalue weighted by Gasteiger charge is 2.18. The molecular formula is C9H18BrNO. The molecule has 0 aromatic rings. The molecule has 3 heteroatoms. The Hall–Kier alpha value is -0.0500. The topological polar surface area (TPSA) is 20.3 Å². The molecule has 1 aliphatic heterocycles. The van der Waals surface area contributed by atoms with Crippen LogP contribution in [0.1, 0.15) is 39.0 Å². The summed E-state index contributed by atoms with van der Waals surface area (Å²) in [6, 6.07) is 0. The van der Waals surface area contributed by atoms with E-state index in [2.05, 4.69) is 6.92 Å². The van der Waals surface area contributed by atoms with E-state index in [1.165, 1.54) is 19.3 Å². The van der Waals surface area contributed by atoms with Gasteiger partial charge >= 0.3 is 0 Å². The van der Waals surface area contributed by atoms with Gasteiger partial charge in [-0.15, -0.1) is 17.0 Å². The quantitative estimate of drug-likeness (QED) is 0.686. The minimum atomic E-state index is 0. The second-order valence-corrected chi connectivity index (χ2v) is 3.19. The van der Waals surface area contributed by atoms with Gasteiger partial charge < -0.3 is 4.90 Å². The molecule has 0 bridgehead atoms. The summed E-state index contributed by atoms with van der Waals surface area (Å²) in [6.07, 6.45) is 5.53. The smallest absolute Gasteiger partial charge is 0.222 e.